The van der Waals surface area contributed by atoms with E-state index in [2.05, 4.69) is 32.2 Å². The van der Waals surface area contributed by atoms with Gasteiger partial charge in [-0.1, -0.05) is 64.7 Å². The maximum Gasteiger partial charge on any atom is 0.168 e. The van der Waals surface area contributed by atoms with Crippen LogP contribution in [0.5, 0.6) is 0 Å². The average molecular weight is 303 g/mol. The summed E-state index contributed by atoms with van der Waals surface area (Å²) in [6.07, 6.45) is 16.7. The molecule has 0 amide bonds. The van der Waals surface area contributed by atoms with Crippen molar-refractivity contribution in [3.63, 3.8) is 0 Å². The van der Waals surface area contributed by atoms with Gasteiger partial charge in [-0.3, -0.25) is 9.98 Å². The fourth-order valence-electron chi connectivity index (χ4n) is 2.76. The quantitative estimate of drug-likeness (QED) is 0.581. The number of amidine groups is 2. The summed E-state index contributed by atoms with van der Waals surface area (Å²) in [6, 6.07) is -0.0897. The largest absolute Gasteiger partial charge is 0.332 e. The number of hydrogen-bond acceptors (Lipinski definition) is 4. The number of hydrogen-bond donors (Lipinski definition) is 1. The zero-order valence-corrected chi connectivity index (χ0v) is 13.8. The maximum atomic E-state index is 4.58. The van der Waals surface area contributed by atoms with E-state index in [4.69, 9.17) is 0 Å². The highest BCUT2D eigenvalue weighted by atomic mass is 15.2. The fraction of sp³-hybridized carbons (Fsp3) is 0.765. The van der Waals surface area contributed by atoms with Crippen molar-refractivity contribution in [3.05, 3.63) is 0 Å². The SMILES string of the molecule is CCCCCCCCCCCCN=C1N=CNC2=NC=NC12. The minimum Gasteiger partial charge on any atom is -0.332 e. The third-order valence-electron chi connectivity index (χ3n) is 4.11. The Hall–Kier alpha value is -1.52. The molecule has 0 radical (unpaired) electrons. The van der Waals surface area contributed by atoms with Gasteiger partial charge in [0.1, 0.15) is 12.2 Å². The van der Waals surface area contributed by atoms with Gasteiger partial charge in [0.25, 0.3) is 0 Å². The number of unbranched alkanes of at least 4 members (excludes halogenated alkanes) is 9. The predicted molar refractivity (Wildman–Crippen MR) is 95.5 cm³/mol. The van der Waals surface area contributed by atoms with E-state index in [0.29, 0.717) is 0 Å². The van der Waals surface area contributed by atoms with Gasteiger partial charge < -0.3 is 5.32 Å². The van der Waals surface area contributed by atoms with Crippen LogP contribution in [0.1, 0.15) is 71.1 Å². The van der Waals surface area contributed by atoms with Crippen LogP contribution < -0.4 is 5.32 Å². The Bertz CT molecular complexity index is 436. The van der Waals surface area contributed by atoms with E-state index in [-0.39, 0.29) is 6.04 Å². The van der Waals surface area contributed by atoms with Crippen molar-refractivity contribution in [3.8, 4) is 0 Å². The summed E-state index contributed by atoms with van der Waals surface area (Å²) >= 11 is 0. The molecule has 0 saturated heterocycles. The maximum absolute atomic E-state index is 4.58. The number of nitrogens with zero attached hydrogens (tertiary/aromatic N) is 4. The lowest BCUT2D eigenvalue weighted by Gasteiger charge is -2.14. The highest BCUT2D eigenvalue weighted by Gasteiger charge is 2.25. The van der Waals surface area contributed by atoms with E-state index in [0.717, 1.165) is 24.6 Å². The lowest BCUT2D eigenvalue weighted by Crippen LogP contribution is -2.40. The first-order valence-electron chi connectivity index (χ1n) is 8.84. The lowest BCUT2D eigenvalue weighted by molar-refractivity contribution is 0.558. The molecular weight excluding hydrogens is 274 g/mol. The molecule has 1 atom stereocenters. The zero-order chi connectivity index (χ0) is 15.5. The minimum atomic E-state index is -0.0897. The van der Waals surface area contributed by atoms with Gasteiger partial charge in [0.15, 0.2) is 11.9 Å². The molecule has 0 fully saturated rings. The number of aliphatic imine (C=N–C) groups is 4. The molecule has 0 spiro atoms. The van der Waals surface area contributed by atoms with Crippen LogP contribution >= 0.6 is 0 Å². The molecular formula is C17H29N5. The minimum absolute atomic E-state index is 0.0897. The van der Waals surface area contributed by atoms with Crippen LogP contribution in [0, 0.1) is 0 Å². The Labute approximate surface area is 134 Å². The lowest BCUT2D eigenvalue weighted by atomic mass is 10.1. The number of nitrogens with one attached hydrogen (secondary N) is 1. The van der Waals surface area contributed by atoms with Gasteiger partial charge in [-0.25, -0.2) is 9.98 Å². The first-order chi connectivity index (χ1) is 10.9. The smallest absolute Gasteiger partial charge is 0.168 e. The van der Waals surface area contributed by atoms with Crippen LogP contribution in [-0.4, -0.2) is 36.9 Å². The van der Waals surface area contributed by atoms with Crippen LogP contribution in [0.25, 0.3) is 0 Å². The Kier molecular flexibility index (Phi) is 7.85. The van der Waals surface area contributed by atoms with Crippen LogP contribution in [0.4, 0.5) is 0 Å². The second-order valence-electron chi connectivity index (χ2n) is 6.01. The number of fused-ring (bicyclic) bond motifs is 1. The van der Waals surface area contributed by atoms with Gasteiger partial charge in [-0.2, -0.15) is 0 Å². The van der Waals surface area contributed by atoms with E-state index < -0.39 is 0 Å². The molecule has 22 heavy (non-hydrogen) atoms. The van der Waals surface area contributed by atoms with E-state index in [9.17, 15) is 0 Å². The predicted octanol–water partition coefficient (Wildman–Crippen LogP) is 3.75. The molecule has 1 unspecified atom stereocenters. The summed E-state index contributed by atoms with van der Waals surface area (Å²) in [6.45, 7) is 3.12. The molecule has 0 saturated carbocycles. The van der Waals surface area contributed by atoms with E-state index in [1.165, 1.54) is 57.8 Å². The first-order valence-corrected chi connectivity index (χ1v) is 8.84. The van der Waals surface area contributed by atoms with Crippen LogP contribution in [0.3, 0.4) is 0 Å². The zero-order valence-electron chi connectivity index (χ0n) is 13.8. The Morgan fingerprint density at radius 3 is 2.41 bits per heavy atom. The molecule has 5 nitrogen and oxygen atoms in total. The molecule has 2 heterocycles. The Morgan fingerprint density at radius 2 is 1.68 bits per heavy atom. The van der Waals surface area contributed by atoms with Crippen LogP contribution in [-0.2, 0) is 0 Å². The second kappa shape index (κ2) is 10.2. The van der Waals surface area contributed by atoms with Crippen molar-refractivity contribution in [2.75, 3.05) is 6.54 Å². The molecule has 5 heteroatoms. The standard InChI is InChI=1S/C17H29N5/c1-2-3-4-5-6-7-8-9-10-11-12-18-16-15-17(20-13-19-15)22-14-21-16/h13-15H,2-12H2,1H3,(H,18,19,20,21,22). The molecule has 0 aliphatic carbocycles. The van der Waals surface area contributed by atoms with Crippen molar-refractivity contribution in [2.24, 2.45) is 20.0 Å². The third-order valence-corrected chi connectivity index (χ3v) is 4.11. The Balaban J connectivity index is 1.48. The van der Waals surface area contributed by atoms with E-state index in [1.54, 1.807) is 12.7 Å². The normalized spacial score (nSPS) is 21.0. The molecule has 2 rings (SSSR count). The summed E-state index contributed by atoms with van der Waals surface area (Å²) < 4.78 is 0. The second-order valence-corrected chi connectivity index (χ2v) is 6.01. The first kappa shape index (κ1) is 16.8. The highest BCUT2D eigenvalue weighted by molar-refractivity contribution is 6.21. The summed E-state index contributed by atoms with van der Waals surface area (Å²) in [5, 5.41) is 3.01. The Morgan fingerprint density at radius 1 is 1.00 bits per heavy atom. The van der Waals surface area contributed by atoms with Crippen LogP contribution in [0.15, 0.2) is 20.0 Å². The van der Waals surface area contributed by atoms with Crippen molar-refractivity contribution in [1.29, 1.82) is 0 Å². The van der Waals surface area contributed by atoms with E-state index >= 15 is 0 Å². The van der Waals surface area contributed by atoms with Crippen molar-refractivity contribution in [2.45, 2.75) is 77.2 Å². The fourth-order valence-corrected chi connectivity index (χ4v) is 2.76. The van der Waals surface area contributed by atoms with Crippen molar-refractivity contribution in [1.82, 2.24) is 5.32 Å². The summed E-state index contributed by atoms with van der Waals surface area (Å²) in [5.74, 6) is 1.64. The van der Waals surface area contributed by atoms with Gasteiger partial charge >= 0.3 is 0 Å². The molecule has 0 aromatic rings. The molecule has 122 valence electrons. The van der Waals surface area contributed by atoms with Crippen LogP contribution in [0.2, 0.25) is 0 Å². The van der Waals surface area contributed by atoms with Gasteiger partial charge in [-0.05, 0) is 6.42 Å². The highest BCUT2D eigenvalue weighted by Crippen LogP contribution is 2.11. The molecule has 0 aromatic carbocycles. The topological polar surface area (TPSA) is 61.5 Å². The molecule has 2 aliphatic rings. The monoisotopic (exact) mass is 303 g/mol. The summed E-state index contributed by atoms with van der Waals surface area (Å²) in [5.41, 5.74) is 0. The van der Waals surface area contributed by atoms with Gasteiger partial charge in [0.05, 0.1) is 6.34 Å². The molecule has 0 bridgehead atoms. The third kappa shape index (κ3) is 5.70. The van der Waals surface area contributed by atoms with Crippen molar-refractivity contribution >= 4 is 24.3 Å². The van der Waals surface area contributed by atoms with E-state index in [1.807, 2.05) is 0 Å². The average Bonchev–Trinajstić information content (AvgIpc) is 3.02. The van der Waals surface area contributed by atoms with Gasteiger partial charge in [0.2, 0.25) is 0 Å². The number of rotatable bonds is 11. The summed E-state index contributed by atoms with van der Waals surface area (Å²) in [4.78, 5) is 17.3. The molecule has 2 aliphatic heterocycles. The van der Waals surface area contributed by atoms with Gasteiger partial charge in [0, 0.05) is 6.54 Å². The molecule has 1 N–H and O–H groups in total. The van der Waals surface area contributed by atoms with Gasteiger partial charge in [-0.15, -0.1) is 0 Å². The van der Waals surface area contributed by atoms with Crippen molar-refractivity contribution < 1.29 is 0 Å². The molecule has 0 aromatic heterocycles. The summed E-state index contributed by atoms with van der Waals surface area (Å²) in [7, 11) is 0.